The average molecular weight is 281 g/mol. The molecular weight excluding hydrogens is 260 g/mol. The van der Waals surface area contributed by atoms with Crippen LogP contribution in [0.2, 0.25) is 0 Å². The third-order valence-electron chi connectivity index (χ3n) is 2.69. The van der Waals surface area contributed by atoms with E-state index in [4.69, 9.17) is 0 Å². The smallest absolute Gasteiger partial charge is 0.0159 e. The molecule has 0 aromatic heterocycles. The summed E-state index contributed by atoms with van der Waals surface area (Å²) in [6, 6.07) is 0. The molecule has 0 bridgehead atoms. The molecule has 1 aliphatic rings. The maximum Gasteiger partial charge on any atom is 0.0159 e. The first-order chi connectivity index (χ1) is 6.86. The summed E-state index contributed by atoms with van der Waals surface area (Å²) in [6.45, 7) is 7.54. The molecule has 0 spiro atoms. The minimum Gasteiger partial charge on any atom is -0.301 e. The van der Waals surface area contributed by atoms with E-state index in [0.29, 0.717) is 0 Å². The van der Waals surface area contributed by atoms with Crippen LogP contribution in [0.1, 0.15) is 6.42 Å². The van der Waals surface area contributed by atoms with Crippen molar-refractivity contribution in [2.75, 3.05) is 56.6 Å². The van der Waals surface area contributed by atoms with Crippen LogP contribution in [0, 0.1) is 0 Å². The minimum absolute atomic E-state index is 1.11. The Bertz CT molecular complexity index is 138. The predicted octanol–water partition coefficient (Wildman–Crippen LogP) is 1.75. The predicted molar refractivity (Wildman–Crippen MR) is 69.7 cm³/mol. The number of thioether (sulfide) groups is 1. The summed E-state index contributed by atoms with van der Waals surface area (Å²) in [6.07, 6.45) is 3.54. The van der Waals surface area contributed by atoms with E-state index in [1.54, 1.807) is 0 Å². The summed E-state index contributed by atoms with van der Waals surface area (Å²) in [5.74, 6) is 1.31. The Kier molecular flexibility index (Phi) is 7.29. The van der Waals surface area contributed by atoms with Gasteiger partial charge in [-0.1, -0.05) is 15.9 Å². The maximum absolute atomic E-state index is 3.49. The molecule has 0 saturated carbocycles. The number of nitrogens with zero attached hydrogens (tertiary/aromatic N) is 2. The Labute approximate surface area is 101 Å². The molecule has 2 nitrogen and oxygen atoms in total. The van der Waals surface area contributed by atoms with Gasteiger partial charge in [-0.05, 0) is 25.0 Å². The molecular formula is C10H21BrN2S. The number of halogens is 1. The van der Waals surface area contributed by atoms with Gasteiger partial charge in [-0.3, -0.25) is 4.90 Å². The molecule has 0 unspecified atom stereocenters. The van der Waals surface area contributed by atoms with Crippen molar-refractivity contribution >= 4 is 27.7 Å². The third kappa shape index (κ3) is 5.01. The Morgan fingerprint density at radius 1 is 1.07 bits per heavy atom. The summed E-state index contributed by atoms with van der Waals surface area (Å²) in [5.41, 5.74) is 0. The van der Waals surface area contributed by atoms with Crippen LogP contribution in [0.5, 0.6) is 0 Å². The molecule has 1 saturated heterocycles. The third-order valence-corrected chi connectivity index (χ3v) is 3.74. The quantitative estimate of drug-likeness (QED) is 0.541. The van der Waals surface area contributed by atoms with Gasteiger partial charge >= 0.3 is 0 Å². The molecule has 84 valence electrons. The van der Waals surface area contributed by atoms with Gasteiger partial charge in [0.05, 0.1) is 0 Å². The van der Waals surface area contributed by atoms with E-state index in [1.807, 2.05) is 11.8 Å². The van der Waals surface area contributed by atoms with Crippen molar-refractivity contribution < 1.29 is 0 Å². The van der Waals surface area contributed by atoms with E-state index in [0.717, 1.165) is 5.33 Å². The van der Waals surface area contributed by atoms with Crippen molar-refractivity contribution in [2.45, 2.75) is 6.42 Å². The molecule has 1 rings (SSSR count). The highest BCUT2D eigenvalue weighted by atomic mass is 79.9. The van der Waals surface area contributed by atoms with Gasteiger partial charge in [0.25, 0.3) is 0 Å². The lowest BCUT2D eigenvalue weighted by Crippen LogP contribution is -2.47. The van der Waals surface area contributed by atoms with Crippen molar-refractivity contribution in [2.24, 2.45) is 0 Å². The number of piperazine rings is 1. The van der Waals surface area contributed by atoms with Gasteiger partial charge in [0.2, 0.25) is 0 Å². The van der Waals surface area contributed by atoms with Crippen LogP contribution in [0.3, 0.4) is 0 Å². The van der Waals surface area contributed by atoms with Crippen molar-refractivity contribution in [1.82, 2.24) is 9.80 Å². The Morgan fingerprint density at radius 2 is 1.64 bits per heavy atom. The Hall–Kier alpha value is 0.750. The van der Waals surface area contributed by atoms with Crippen LogP contribution in [0.4, 0.5) is 0 Å². The summed E-state index contributed by atoms with van der Waals surface area (Å²) in [4.78, 5) is 5.14. The van der Waals surface area contributed by atoms with Crippen LogP contribution in [-0.2, 0) is 0 Å². The molecule has 0 radical (unpaired) electrons. The molecule has 14 heavy (non-hydrogen) atoms. The first-order valence-corrected chi connectivity index (χ1v) is 7.88. The van der Waals surface area contributed by atoms with Gasteiger partial charge in [-0.25, -0.2) is 0 Å². The second kappa shape index (κ2) is 7.97. The number of hydrogen-bond donors (Lipinski definition) is 0. The van der Waals surface area contributed by atoms with Crippen molar-refractivity contribution in [3.8, 4) is 0 Å². The molecule has 1 aliphatic heterocycles. The first-order valence-electron chi connectivity index (χ1n) is 5.36. The molecule has 0 amide bonds. The van der Waals surface area contributed by atoms with Crippen molar-refractivity contribution in [1.29, 1.82) is 0 Å². The van der Waals surface area contributed by atoms with E-state index in [1.165, 1.54) is 51.4 Å². The first kappa shape index (κ1) is 12.8. The zero-order valence-corrected chi connectivity index (χ0v) is 11.4. The van der Waals surface area contributed by atoms with Crippen molar-refractivity contribution in [3.05, 3.63) is 0 Å². The Morgan fingerprint density at radius 3 is 2.14 bits per heavy atom. The van der Waals surface area contributed by atoms with Crippen molar-refractivity contribution in [3.63, 3.8) is 0 Å². The summed E-state index contributed by atoms with van der Waals surface area (Å²) in [7, 11) is 0. The van der Waals surface area contributed by atoms with E-state index in [9.17, 15) is 0 Å². The zero-order chi connectivity index (χ0) is 10.2. The fourth-order valence-electron chi connectivity index (χ4n) is 1.79. The standard InChI is InChI=1S/C10H21BrN2S/c1-14-10-2-4-12-6-8-13(5-3-11)9-7-12/h2-10H2,1H3. The highest BCUT2D eigenvalue weighted by Crippen LogP contribution is 2.04. The van der Waals surface area contributed by atoms with Crippen LogP contribution in [0.15, 0.2) is 0 Å². The van der Waals surface area contributed by atoms with Gasteiger partial charge in [-0.2, -0.15) is 11.8 Å². The van der Waals surface area contributed by atoms with E-state index in [-0.39, 0.29) is 0 Å². The molecule has 0 aromatic rings. The Balaban J connectivity index is 2.03. The number of rotatable bonds is 6. The number of hydrogen-bond acceptors (Lipinski definition) is 3. The van der Waals surface area contributed by atoms with Crippen LogP contribution >= 0.6 is 27.7 Å². The van der Waals surface area contributed by atoms with E-state index in [2.05, 4.69) is 32.0 Å². The van der Waals surface area contributed by atoms with Gasteiger partial charge in [0.15, 0.2) is 0 Å². The largest absolute Gasteiger partial charge is 0.301 e. The van der Waals surface area contributed by atoms with Crippen LogP contribution in [0.25, 0.3) is 0 Å². The summed E-state index contributed by atoms with van der Waals surface area (Å²) in [5, 5.41) is 1.11. The van der Waals surface area contributed by atoms with Crippen LogP contribution in [-0.4, -0.2) is 66.4 Å². The molecule has 4 heteroatoms. The highest BCUT2D eigenvalue weighted by molar-refractivity contribution is 9.09. The lowest BCUT2D eigenvalue weighted by molar-refractivity contribution is 0.139. The maximum atomic E-state index is 3.49. The molecule has 0 atom stereocenters. The summed E-state index contributed by atoms with van der Waals surface area (Å²) >= 11 is 5.45. The minimum atomic E-state index is 1.11. The fourth-order valence-corrected chi connectivity index (χ4v) is 2.71. The van der Waals surface area contributed by atoms with Gasteiger partial charge < -0.3 is 4.90 Å². The van der Waals surface area contributed by atoms with Gasteiger partial charge in [0.1, 0.15) is 0 Å². The average Bonchev–Trinajstić information content (AvgIpc) is 2.21. The second-order valence-electron chi connectivity index (χ2n) is 3.72. The van der Waals surface area contributed by atoms with Gasteiger partial charge in [-0.15, -0.1) is 0 Å². The topological polar surface area (TPSA) is 6.48 Å². The van der Waals surface area contributed by atoms with Crippen LogP contribution < -0.4 is 0 Å². The molecule has 1 fully saturated rings. The fraction of sp³-hybridized carbons (Fsp3) is 1.00. The van der Waals surface area contributed by atoms with Gasteiger partial charge in [0, 0.05) is 38.1 Å². The lowest BCUT2D eigenvalue weighted by Gasteiger charge is -2.34. The molecule has 0 N–H and O–H groups in total. The lowest BCUT2D eigenvalue weighted by atomic mass is 10.3. The highest BCUT2D eigenvalue weighted by Gasteiger charge is 2.14. The zero-order valence-electron chi connectivity index (χ0n) is 9.04. The SMILES string of the molecule is CSCCCN1CCN(CCBr)CC1. The monoisotopic (exact) mass is 280 g/mol. The molecule has 1 heterocycles. The molecule has 0 aromatic carbocycles. The molecule has 0 aliphatic carbocycles. The van der Waals surface area contributed by atoms with E-state index >= 15 is 0 Å². The normalized spacial score (nSPS) is 20.1. The summed E-state index contributed by atoms with van der Waals surface area (Å²) < 4.78 is 0. The number of alkyl halides is 1. The van der Waals surface area contributed by atoms with E-state index < -0.39 is 0 Å². The second-order valence-corrected chi connectivity index (χ2v) is 5.50.